The number of rotatable bonds is 2. The fourth-order valence-corrected chi connectivity index (χ4v) is 1.52. The van der Waals surface area contributed by atoms with Gasteiger partial charge in [0.25, 0.3) is 0 Å². The van der Waals surface area contributed by atoms with Gasteiger partial charge in [0.05, 0.1) is 0 Å². The van der Waals surface area contributed by atoms with Crippen molar-refractivity contribution in [1.29, 1.82) is 0 Å². The number of carbonyl (C=O) groups is 1. The van der Waals surface area contributed by atoms with Crippen LogP contribution in [0.15, 0.2) is 0 Å². The molecule has 4 heteroatoms. The molecule has 1 N–H and O–H groups in total. The van der Waals surface area contributed by atoms with Crippen molar-refractivity contribution in [2.45, 2.75) is 31.7 Å². The van der Waals surface area contributed by atoms with E-state index in [2.05, 4.69) is 5.32 Å². The van der Waals surface area contributed by atoms with Crippen LogP contribution in [0.1, 0.15) is 25.7 Å². The second kappa shape index (κ2) is 4.09. The van der Waals surface area contributed by atoms with E-state index in [1.807, 2.05) is 6.29 Å². The number of hydrogen-bond donors (Lipinski definition) is 1. The quantitative estimate of drug-likeness (QED) is 0.664. The molecule has 0 saturated heterocycles. The Hall–Kier alpha value is -1.06. The lowest BCUT2D eigenvalue weighted by Gasteiger charge is -2.24. The Balaban J connectivity index is 2.26. The van der Waals surface area contributed by atoms with Gasteiger partial charge in [-0.2, -0.15) is 0 Å². The Morgan fingerprint density at radius 2 is 1.83 bits per heavy atom. The third-order valence-corrected chi connectivity index (χ3v) is 2.22. The number of nitrogens with one attached hydrogen (secondary N) is 1. The fourth-order valence-electron chi connectivity index (χ4n) is 1.52. The van der Waals surface area contributed by atoms with Gasteiger partial charge in [0, 0.05) is 12.0 Å². The Morgan fingerprint density at radius 3 is 2.25 bits per heavy atom. The molecule has 1 saturated carbocycles. The average Bonchev–Trinajstić information content (AvgIpc) is 2.05. The standard InChI is InChI=1S/C8H11NO3/c10-5-6-1-3-7(4-2-6)9-8(11)12/h6-7,9H,1-4H2. The van der Waals surface area contributed by atoms with Gasteiger partial charge in [0.2, 0.25) is 6.29 Å². The Kier molecular flexibility index (Phi) is 3.08. The van der Waals surface area contributed by atoms with Crippen molar-refractivity contribution in [2.75, 3.05) is 0 Å². The summed E-state index contributed by atoms with van der Waals surface area (Å²) in [7, 11) is 0. The van der Waals surface area contributed by atoms with Gasteiger partial charge in [-0.1, -0.05) is 0 Å². The smallest absolute Gasteiger partial charge is 0.316 e. The first kappa shape index (κ1) is 9.03. The van der Waals surface area contributed by atoms with Crippen LogP contribution >= 0.6 is 0 Å². The molecule has 0 aromatic carbocycles. The number of hydrogen-bond acceptors (Lipinski definition) is 2. The van der Waals surface area contributed by atoms with Gasteiger partial charge in [-0.05, 0) is 25.7 Å². The first-order chi connectivity index (χ1) is 5.72. The molecule has 4 nitrogen and oxygen atoms in total. The van der Waals surface area contributed by atoms with E-state index in [1.54, 1.807) is 0 Å². The van der Waals surface area contributed by atoms with Gasteiger partial charge in [-0.25, -0.2) is 9.90 Å². The van der Waals surface area contributed by atoms with E-state index < -0.39 is 6.09 Å². The van der Waals surface area contributed by atoms with Crippen LogP contribution in [0.4, 0.5) is 4.79 Å². The van der Waals surface area contributed by atoms with Crippen LogP contribution in [0.3, 0.4) is 0 Å². The van der Waals surface area contributed by atoms with Gasteiger partial charge in [0.15, 0.2) is 0 Å². The molecule has 1 aliphatic rings. The third kappa shape index (κ3) is 2.53. The highest BCUT2D eigenvalue weighted by Crippen LogP contribution is 2.22. The summed E-state index contributed by atoms with van der Waals surface area (Å²) in [6, 6.07) is -0.0281. The molecule has 0 aromatic heterocycles. The largest absolute Gasteiger partial charge is 0.450 e. The zero-order valence-corrected chi connectivity index (χ0v) is 6.71. The van der Waals surface area contributed by atoms with Crippen molar-refractivity contribution in [3.63, 3.8) is 0 Å². The second-order valence-corrected chi connectivity index (χ2v) is 3.10. The number of amides is 1. The molecule has 0 atom stereocenters. The maximum Gasteiger partial charge on any atom is 0.450 e. The lowest BCUT2D eigenvalue weighted by Crippen LogP contribution is -2.36. The molecule has 0 spiro atoms. The highest BCUT2D eigenvalue weighted by atomic mass is 16.4. The van der Waals surface area contributed by atoms with Crippen LogP contribution < -0.4 is 5.32 Å². The molecule has 0 heterocycles. The van der Waals surface area contributed by atoms with Gasteiger partial charge in [-0.15, -0.1) is 0 Å². The molecule has 66 valence electrons. The van der Waals surface area contributed by atoms with Gasteiger partial charge in [0.1, 0.15) is 0 Å². The van der Waals surface area contributed by atoms with Crippen LogP contribution in [-0.4, -0.2) is 18.4 Å². The van der Waals surface area contributed by atoms with E-state index in [4.69, 9.17) is 0 Å². The second-order valence-electron chi connectivity index (χ2n) is 3.10. The van der Waals surface area contributed by atoms with Gasteiger partial charge < -0.3 is 5.32 Å². The Bertz CT molecular complexity index is 173. The Morgan fingerprint density at radius 1 is 1.25 bits per heavy atom. The molecule has 12 heavy (non-hydrogen) atoms. The maximum atomic E-state index is 10.2. The van der Waals surface area contributed by atoms with E-state index in [-0.39, 0.29) is 12.0 Å². The van der Waals surface area contributed by atoms with Gasteiger partial charge in [-0.3, -0.25) is 4.79 Å². The first-order valence-electron chi connectivity index (χ1n) is 4.07. The van der Waals surface area contributed by atoms with Crippen molar-refractivity contribution < 1.29 is 14.7 Å². The summed E-state index contributed by atoms with van der Waals surface area (Å²) in [6.07, 6.45) is 3.60. The van der Waals surface area contributed by atoms with E-state index in [1.165, 1.54) is 0 Å². The minimum Gasteiger partial charge on any atom is -0.316 e. The van der Waals surface area contributed by atoms with Crippen molar-refractivity contribution in [2.24, 2.45) is 5.92 Å². The molecule has 1 aliphatic carbocycles. The van der Waals surface area contributed by atoms with Crippen LogP contribution in [0.25, 0.3) is 0 Å². The molecule has 0 bridgehead atoms. The topological polar surface area (TPSA) is 66.1 Å². The van der Waals surface area contributed by atoms with Crippen molar-refractivity contribution in [3.05, 3.63) is 0 Å². The normalized spacial score (nSPS) is 29.3. The molecule has 0 aromatic rings. The lowest BCUT2D eigenvalue weighted by atomic mass is 9.87. The van der Waals surface area contributed by atoms with Crippen molar-refractivity contribution in [1.82, 2.24) is 5.32 Å². The molecule has 0 unspecified atom stereocenters. The zero-order chi connectivity index (χ0) is 8.97. The minimum atomic E-state index is -1.23. The number of carbonyl (C=O) groups excluding carboxylic acids is 2. The predicted octanol–water partition coefficient (Wildman–Crippen LogP) is 0.795. The SMILES string of the molecule is [O]C(=O)NC1CCC([C]=O)CC1. The average molecular weight is 169 g/mol. The lowest BCUT2D eigenvalue weighted by molar-refractivity contribution is 0.159. The van der Waals surface area contributed by atoms with Crippen LogP contribution in [0.5, 0.6) is 0 Å². The summed E-state index contributed by atoms with van der Waals surface area (Å²) in [5, 5.41) is 12.4. The summed E-state index contributed by atoms with van der Waals surface area (Å²) < 4.78 is 0. The van der Waals surface area contributed by atoms with Gasteiger partial charge >= 0.3 is 6.09 Å². The Labute approximate surface area is 71.0 Å². The summed E-state index contributed by atoms with van der Waals surface area (Å²) >= 11 is 0. The third-order valence-electron chi connectivity index (χ3n) is 2.22. The van der Waals surface area contributed by atoms with Crippen molar-refractivity contribution in [3.8, 4) is 0 Å². The van der Waals surface area contributed by atoms with E-state index in [0.29, 0.717) is 12.8 Å². The van der Waals surface area contributed by atoms with E-state index in [0.717, 1.165) is 12.8 Å². The van der Waals surface area contributed by atoms with E-state index >= 15 is 0 Å². The summed E-state index contributed by atoms with van der Waals surface area (Å²) in [5.74, 6) is 0.00445. The van der Waals surface area contributed by atoms with Crippen LogP contribution in [0.2, 0.25) is 0 Å². The molecular formula is C8H11NO3. The van der Waals surface area contributed by atoms with Crippen molar-refractivity contribution >= 4 is 12.4 Å². The fraction of sp³-hybridized carbons (Fsp3) is 0.750. The molecule has 1 amide bonds. The molecular weight excluding hydrogens is 158 g/mol. The molecule has 0 aliphatic heterocycles. The summed E-state index contributed by atoms with van der Waals surface area (Å²) in [6.45, 7) is 0. The molecule has 1 rings (SSSR count). The maximum absolute atomic E-state index is 10.2. The van der Waals surface area contributed by atoms with Crippen LogP contribution in [-0.2, 0) is 9.90 Å². The zero-order valence-electron chi connectivity index (χ0n) is 6.71. The monoisotopic (exact) mass is 169 g/mol. The van der Waals surface area contributed by atoms with E-state index in [9.17, 15) is 14.7 Å². The first-order valence-corrected chi connectivity index (χ1v) is 4.07. The highest BCUT2D eigenvalue weighted by molar-refractivity contribution is 5.64. The summed E-state index contributed by atoms with van der Waals surface area (Å²) in [4.78, 5) is 20.3. The van der Waals surface area contributed by atoms with Crippen LogP contribution in [0, 0.1) is 5.92 Å². The minimum absolute atomic E-state index is 0.00445. The highest BCUT2D eigenvalue weighted by Gasteiger charge is 2.22. The predicted molar refractivity (Wildman–Crippen MR) is 40.7 cm³/mol. The molecule has 1 fully saturated rings. The summed E-state index contributed by atoms with van der Waals surface area (Å²) in [5.41, 5.74) is 0. The molecule has 2 radical (unpaired) electrons.